The summed E-state index contributed by atoms with van der Waals surface area (Å²) in [5.74, 6) is 0.609. The fourth-order valence-electron chi connectivity index (χ4n) is 6.44. The molecule has 2 aliphatic carbocycles. The quantitative estimate of drug-likeness (QED) is 0.301. The van der Waals surface area contributed by atoms with Gasteiger partial charge in [0.05, 0.1) is 9.90 Å². The van der Waals surface area contributed by atoms with Gasteiger partial charge in [-0.25, -0.2) is 9.78 Å². The van der Waals surface area contributed by atoms with Crippen molar-refractivity contribution in [2.24, 2.45) is 5.41 Å². The van der Waals surface area contributed by atoms with Crippen LogP contribution in [0.3, 0.4) is 0 Å². The monoisotopic (exact) mass is 646 g/mol. The molecule has 9 nitrogen and oxygen atoms in total. The maximum Gasteiger partial charge on any atom is 0.328 e. The van der Waals surface area contributed by atoms with E-state index in [1.807, 2.05) is 42.6 Å². The van der Waals surface area contributed by atoms with Crippen LogP contribution in [0.1, 0.15) is 37.7 Å². The molecular weight excluding hydrogens is 608 g/mol. The largest absolute Gasteiger partial charge is 0.463 e. The molecule has 2 aromatic heterocycles. The van der Waals surface area contributed by atoms with Gasteiger partial charge in [0.15, 0.2) is 5.78 Å². The highest BCUT2D eigenvalue weighted by atomic mass is 79.9. The van der Waals surface area contributed by atoms with Gasteiger partial charge in [-0.3, -0.25) is 14.7 Å². The lowest BCUT2D eigenvalue weighted by Gasteiger charge is -2.46. The summed E-state index contributed by atoms with van der Waals surface area (Å²) < 4.78 is 6.42. The second-order valence-electron chi connectivity index (χ2n) is 12.0. The minimum atomic E-state index is -0.605. The first-order valence-electron chi connectivity index (χ1n) is 15.3. The number of aromatic nitrogens is 2. The van der Waals surface area contributed by atoms with E-state index >= 15 is 0 Å². The number of hydrogen-bond donors (Lipinski definition) is 2. The number of rotatable bonds is 10. The van der Waals surface area contributed by atoms with Gasteiger partial charge < -0.3 is 20.3 Å². The maximum absolute atomic E-state index is 13.5. The molecule has 1 atom stereocenters. The fourth-order valence-corrected chi connectivity index (χ4v) is 7.31. The summed E-state index contributed by atoms with van der Waals surface area (Å²) in [6, 6.07) is 11.3. The van der Waals surface area contributed by atoms with Crippen LogP contribution in [0.5, 0.6) is 0 Å². The second-order valence-corrected chi connectivity index (χ2v) is 12.7. The van der Waals surface area contributed by atoms with E-state index in [2.05, 4.69) is 53.4 Å². The first-order valence-corrected chi connectivity index (χ1v) is 16.1. The number of carbonyl (C=O) groups excluding carboxylic acids is 2. The number of esters is 1. The summed E-state index contributed by atoms with van der Waals surface area (Å²) in [5, 5.41) is 8.90. The summed E-state index contributed by atoms with van der Waals surface area (Å²) in [6.45, 7) is 5.07. The number of anilines is 2. The highest BCUT2D eigenvalue weighted by Crippen LogP contribution is 2.53. The molecule has 1 saturated carbocycles. The molecule has 2 fully saturated rings. The van der Waals surface area contributed by atoms with E-state index in [0.717, 1.165) is 98.4 Å². The predicted octanol–water partition coefficient (Wildman–Crippen LogP) is 4.80. The number of ether oxygens (including phenoxy) is 1. The smallest absolute Gasteiger partial charge is 0.328 e. The normalized spacial score (nSPS) is 19.7. The lowest BCUT2D eigenvalue weighted by atomic mass is 9.62. The molecule has 1 saturated heterocycles. The summed E-state index contributed by atoms with van der Waals surface area (Å²) in [5.41, 5.74) is 2.26. The Kier molecular flexibility index (Phi) is 9.06. The number of Topliss-reactive ketones (excluding diaryl/α,β-unsaturated/α-hetero) is 1. The third-order valence-electron chi connectivity index (χ3n) is 9.11. The third-order valence-corrected chi connectivity index (χ3v) is 9.87. The highest BCUT2D eigenvalue weighted by molar-refractivity contribution is 9.12. The number of likely N-dealkylation sites (N-methyl/N-ethyl adjacent to an activating group) is 1. The van der Waals surface area contributed by atoms with Crippen molar-refractivity contribution in [3.05, 3.63) is 70.7 Å². The van der Waals surface area contributed by atoms with Crippen LogP contribution >= 0.6 is 15.9 Å². The number of fused-ring (bicyclic) bond motifs is 1. The standard InChI is InChI=1S/C33H39BrN6O3/c1-39-15-17-40(18-16-39)19-20-43-32(42)27(38-29-28(34)30(41)33(29)11-3-2-4-12-33)21-23-5-7-25(8-6-23)37-31-26-22-35-13-9-24(26)10-14-36-31/h5-10,13-14,22,27,38H,2-4,11-12,15-21H2,1H3,(H,36,37)/t27-/m0/s1. The number of pyridine rings is 2. The second kappa shape index (κ2) is 13.1. The first-order chi connectivity index (χ1) is 20.9. The summed E-state index contributed by atoms with van der Waals surface area (Å²) in [6.07, 6.45) is 10.6. The molecule has 226 valence electrons. The molecule has 3 heterocycles. The average molecular weight is 648 g/mol. The number of allylic oxidation sites excluding steroid dienone is 2. The predicted molar refractivity (Wildman–Crippen MR) is 171 cm³/mol. The molecule has 0 bridgehead atoms. The van der Waals surface area contributed by atoms with E-state index in [4.69, 9.17) is 4.74 Å². The number of nitrogens with zero attached hydrogens (tertiary/aromatic N) is 4. The Bertz CT molecular complexity index is 1490. The van der Waals surface area contributed by atoms with Gasteiger partial charge in [-0.2, -0.15) is 0 Å². The van der Waals surface area contributed by atoms with Crippen molar-refractivity contribution in [2.45, 2.75) is 44.6 Å². The minimum Gasteiger partial charge on any atom is -0.463 e. The first kappa shape index (κ1) is 29.7. The van der Waals surface area contributed by atoms with Crippen LogP contribution in [-0.2, 0) is 20.7 Å². The maximum atomic E-state index is 13.5. The fraction of sp³-hybridized carbons (Fsp3) is 0.455. The number of hydrogen-bond acceptors (Lipinski definition) is 9. The number of nitrogens with one attached hydrogen (secondary N) is 2. The number of carbonyl (C=O) groups is 2. The average Bonchev–Trinajstić information content (AvgIpc) is 3.05. The zero-order chi connectivity index (χ0) is 29.8. The Morgan fingerprint density at radius 1 is 1.05 bits per heavy atom. The zero-order valence-corrected chi connectivity index (χ0v) is 26.2. The van der Waals surface area contributed by atoms with Crippen LogP contribution in [0.2, 0.25) is 0 Å². The Morgan fingerprint density at radius 3 is 2.56 bits per heavy atom. The van der Waals surface area contributed by atoms with Gasteiger partial charge in [-0.1, -0.05) is 31.4 Å². The molecule has 0 unspecified atom stereocenters. The van der Waals surface area contributed by atoms with Crippen molar-refractivity contribution in [3.8, 4) is 0 Å². The van der Waals surface area contributed by atoms with Crippen LogP contribution in [-0.4, -0.2) is 83.9 Å². The molecule has 1 aromatic carbocycles. The molecule has 0 amide bonds. The molecule has 6 rings (SSSR count). The van der Waals surface area contributed by atoms with E-state index < -0.39 is 11.5 Å². The van der Waals surface area contributed by atoms with Crippen molar-refractivity contribution in [1.82, 2.24) is 25.1 Å². The third kappa shape index (κ3) is 6.46. The summed E-state index contributed by atoms with van der Waals surface area (Å²) >= 11 is 3.52. The lowest BCUT2D eigenvalue weighted by molar-refractivity contribution is -0.147. The molecule has 1 spiro atoms. The van der Waals surface area contributed by atoms with Crippen LogP contribution in [0.4, 0.5) is 11.5 Å². The minimum absolute atomic E-state index is 0.157. The van der Waals surface area contributed by atoms with Crippen molar-refractivity contribution in [3.63, 3.8) is 0 Å². The van der Waals surface area contributed by atoms with E-state index in [9.17, 15) is 9.59 Å². The molecule has 3 aromatic rings. The van der Waals surface area contributed by atoms with E-state index in [0.29, 0.717) is 17.5 Å². The Morgan fingerprint density at radius 2 is 1.79 bits per heavy atom. The van der Waals surface area contributed by atoms with Gasteiger partial charge in [-0.05, 0) is 71.0 Å². The molecule has 10 heteroatoms. The molecule has 0 radical (unpaired) electrons. The Hall–Kier alpha value is -3.34. The highest BCUT2D eigenvalue weighted by Gasteiger charge is 2.53. The van der Waals surface area contributed by atoms with E-state index in [1.54, 1.807) is 12.4 Å². The number of benzene rings is 1. The van der Waals surface area contributed by atoms with Gasteiger partial charge in [-0.15, -0.1) is 0 Å². The van der Waals surface area contributed by atoms with Crippen LogP contribution < -0.4 is 10.6 Å². The Balaban J connectivity index is 1.15. The van der Waals surface area contributed by atoms with Crippen molar-refractivity contribution >= 4 is 50.0 Å². The number of halogens is 1. The number of ketones is 1. The zero-order valence-electron chi connectivity index (χ0n) is 24.7. The SMILES string of the molecule is CN1CCN(CCOC(=O)[C@H](Cc2ccc(Nc3nccc4ccncc34)cc2)NC2=C(Br)C(=O)C23CCCCC3)CC1. The van der Waals surface area contributed by atoms with Crippen LogP contribution in [0.15, 0.2) is 65.2 Å². The van der Waals surface area contributed by atoms with Crippen LogP contribution in [0.25, 0.3) is 10.8 Å². The molecule has 2 N–H and O–H groups in total. The Labute approximate surface area is 261 Å². The molecule has 43 heavy (non-hydrogen) atoms. The molecule has 3 aliphatic rings. The van der Waals surface area contributed by atoms with Gasteiger partial charge in [0, 0.05) is 74.5 Å². The van der Waals surface area contributed by atoms with Crippen molar-refractivity contribution < 1.29 is 14.3 Å². The number of piperazine rings is 1. The van der Waals surface area contributed by atoms with Gasteiger partial charge in [0.1, 0.15) is 18.5 Å². The van der Waals surface area contributed by atoms with Crippen molar-refractivity contribution in [2.75, 3.05) is 51.7 Å². The molecular formula is C33H39BrN6O3. The topological polar surface area (TPSA) is 99.7 Å². The van der Waals surface area contributed by atoms with Gasteiger partial charge >= 0.3 is 5.97 Å². The van der Waals surface area contributed by atoms with Gasteiger partial charge in [0.25, 0.3) is 0 Å². The summed E-state index contributed by atoms with van der Waals surface area (Å²) in [7, 11) is 2.13. The van der Waals surface area contributed by atoms with E-state index in [1.165, 1.54) is 0 Å². The summed E-state index contributed by atoms with van der Waals surface area (Å²) in [4.78, 5) is 40.0. The van der Waals surface area contributed by atoms with Crippen molar-refractivity contribution in [1.29, 1.82) is 0 Å². The van der Waals surface area contributed by atoms with E-state index in [-0.39, 0.29) is 11.8 Å². The molecule has 1 aliphatic heterocycles. The van der Waals surface area contributed by atoms with Gasteiger partial charge in [0.2, 0.25) is 0 Å². The lowest BCUT2D eigenvalue weighted by Crippen LogP contribution is -2.53. The van der Waals surface area contributed by atoms with Crippen LogP contribution in [0, 0.1) is 5.41 Å².